The minimum Gasteiger partial charge on any atom is -0.495 e. The number of carbonyl (C=O) groups excluding carboxylic acids is 1. The van der Waals surface area contributed by atoms with Crippen LogP contribution in [0, 0.1) is 0 Å². The van der Waals surface area contributed by atoms with Gasteiger partial charge in [-0.25, -0.2) is 4.98 Å². The Morgan fingerprint density at radius 1 is 1.33 bits per heavy atom. The molecule has 24 heavy (non-hydrogen) atoms. The monoisotopic (exact) mass is 367 g/mol. The maximum absolute atomic E-state index is 12.5. The molecule has 0 bridgehead atoms. The largest absolute Gasteiger partial charge is 0.495 e. The number of benzene rings is 1. The molecular formula is C15H14ClN3O4S. The van der Waals surface area contributed by atoms with Gasteiger partial charge in [-0.3, -0.25) is 14.2 Å². The maximum Gasteiger partial charge on any atom is 0.267 e. The van der Waals surface area contributed by atoms with Crippen LogP contribution in [0.15, 0.2) is 28.3 Å². The van der Waals surface area contributed by atoms with Crippen LogP contribution in [0.3, 0.4) is 0 Å². The normalized spacial score (nSPS) is 12.6. The molecule has 126 valence electrons. The summed E-state index contributed by atoms with van der Waals surface area (Å²) in [7, 11) is 2.94. The van der Waals surface area contributed by atoms with Gasteiger partial charge >= 0.3 is 0 Å². The van der Waals surface area contributed by atoms with Crippen LogP contribution in [0.25, 0.3) is 0 Å². The first kappa shape index (κ1) is 16.7. The standard InChI is InChI=1S/C15H14ClN3O4S/c1-22-11-6-12(23-2)10(5-9(11)16)18-13(20)8-7-17-15-19(14(8)21)3-4-24-15/h5-7H,3-4H2,1-2H3,(H,18,20). The molecule has 2 aromatic rings. The van der Waals surface area contributed by atoms with E-state index < -0.39 is 5.91 Å². The van der Waals surface area contributed by atoms with Crippen molar-refractivity contribution in [2.24, 2.45) is 0 Å². The van der Waals surface area contributed by atoms with E-state index in [4.69, 9.17) is 21.1 Å². The molecule has 0 spiro atoms. The summed E-state index contributed by atoms with van der Waals surface area (Å²) >= 11 is 7.57. The fraction of sp³-hybridized carbons (Fsp3) is 0.267. The Labute approximate surface area is 146 Å². The number of aromatic nitrogens is 2. The molecule has 0 saturated heterocycles. The Kier molecular flexibility index (Phi) is 4.68. The van der Waals surface area contributed by atoms with Gasteiger partial charge in [0.05, 0.1) is 24.9 Å². The zero-order chi connectivity index (χ0) is 17.3. The van der Waals surface area contributed by atoms with Gasteiger partial charge in [0.15, 0.2) is 5.16 Å². The Morgan fingerprint density at radius 3 is 2.79 bits per heavy atom. The van der Waals surface area contributed by atoms with Gasteiger partial charge in [-0.15, -0.1) is 0 Å². The van der Waals surface area contributed by atoms with Gasteiger partial charge in [0, 0.05) is 24.6 Å². The van der Waals surface area contributed by atoms with Crippen molar-refractivity contribution in [1.29, 1.82) is 0 Å². The third kappa shape index (κ3) is 2.94. The van der Waals surface area contributed by atoms with Crippen molar-refractivity contribution in [3.63, 3.8) is 0 Å². The van der Waals surface area contributed by atoms with Crippen LogP contribution in [0.1, 0.15) is 10.4 Å². The SMILES string of the molecule is COc1cc(OC)c(NC(=O)c2cnc3n(c2=O)CCS3)cc1Cl. The number of methoxy groups -OCH3 is 2. The third-order valence-corrected chi connectivity index (χ3v) is 4.79. The van der Waals surface area contributed by atoms with E-state index in [1.54, 1.807) is 6.07 Å². The average Bonchev–Trinajstić information content (AvgIpc) is 3.05. The highest BCUT2D eigenvalue weighted by Gasteiger charge is 2.21. The van der Waals surface area contributed by atoms with E-state index in [9.17, 15) is 9.59 Å². The number of rotatable bonds is 4. The highest BCUT2D eigenvalue weighted by molar-refractivity contribution is 7.99. The summed E-state index contributed by atoms with van der Waals surface area (Å²) in [6.45, 7) is 0.546. The van der Waals surface area contributed by atoms with Crippen LogP contribution in [0.2, 0.25) is 5.02 Å². The molecule has 1 aromatic heterocycles. The second-order valence-corrected chi connectivity index (χ2v) is 6.37. The van der Waals surface area contributed by atoms with Crippen molar-refractivity contribution in [1.82, 2.24) is 9.55 Å². The van der Waals surface area contributed by atoms with E-state index in [0.29, 0.717) is 33.9 Å². The number of halogens is 1. The highest BCUT2D eigenvalue weighted by Crippen LogP contribution is 2.36. The minimum absolute atomic E-state index is 0.0322. The molecule has 1 aliphatic heterocycles. The molecule has 1 N–H and O–H groups in total. The van der Waals surface area contributed by atoms with Crippen molar-refractivity contribution in [2.45, 2.75) is 11.7 Å². The van der Waals surface area contributed by atoms with Crippen LogP contribution in [-0.2, 0) is 6.54 Å². The summed E-state index contributed by atoms with van der Waals surface area (Å²) in [5.41, 5.74) is -0.0520. The summed E-state index contributed by atoms with van der Waals surface area (Å²) in [6.07, 6.45) is 1.29. The van der Waals surface area contributed by atoms with Crippen molar-refractivity contribution in [3.8, 4) is 11.5 Å². The summed E-state index contributed by atoms with van der Waals surface area (Å²) in [5, 5.41) is 3.58. The Hall–Kier alpha value is -2.19. The molecule has 0 saturated carbocycles. The molecule has 0 unspecified atom stereocenters. The molecular weight excluding hydrogens is 354 g/mol. The van der Waals surface area contributed by atoms with Crippen molar-refractivity contribution < 1.29 is 14.3 Å². The quantitative estimate of drug-likeness (QED) is 0.835. The molecule has 0 atom stereocenters. The molecule has 1 amide bonds. The molecule has 1 aliphatic rings. The van der Waals surface area contributed by atoms with E-state index in [2.05, 4.69) is 10.3 Å². The van der Waals surface area contributed by atoms with Crippen molar-refractivity contribution in [2.75, 3.05) is 25.3 Å². The predicted octanol–water partition coefficient (Wildman–Crippen LogP) is 2.27. The second-order valence-electron chi connectivity index (χ2n) is 4.90. The minimum atomic E-state index is -0.570. The van der Waals surface area contributed by atoms with Gasteiger partial charge in [-0.2, -0.15) is 0 Å². The Morgan fingerprint density at radius 2 is 2.08 bits per heavy atom. The number of carbonyl (C=O) groups is 1. The van der Waals surface area contributed by atoms with E-state index >= 15 is 0 Å². The first-order valence-corrected chi connectivity index (χ1v) is 8.37. The Bertz CT molecular complexity index is 869. The lowest BCUT2D eigenvalue weighted by Gasteiger charge is -2.13. The summed E-state index contributed by atoms with van der Waals surface area (Å²) in [4.78, 5) is 29.0. The number of thioether (sulfide) groups is 1. The summed E-state index contributed by atoms with van der Waals surface area (Å²) in [5.74, 6) is 0.992. The van der Waals surface area contributed by atoms with Crippen LogP contribution >= 0.6 is 23.4 Å². The van der Waals surface area contributed by atoms with Crippen LogP contribution in [0.5, 0.6) is 11.5 Å². The number of anilines is 1. The van der Waals surface area contributed by atoms with Gasteiger partial charge in [-0.1, -0.05) is 23.4 Å². The number of ether oxygens (including phenoxy) is 2. The number of fused-ring (bicyclic) bond motifs is 1. The van der Waals surface area contributed by atoms with Crippen LogP contribution in [0.4, 0.5) is 5.69 Å². The predicted molar refractivity (Wildman–Crippen MR) is 91.7 cm³/mol. The number of amides is 1. The van der Waals surface area contributed by atoms with Gasteiger partial charge in [0.2, 0.25) is 0 Å². The van der Waals surface area contributed by atoms with Crippen molar-refractivity contribution in [3.05, 3.63) is 39.3 Å². The lowest BCUT2D eigenvalue weighted by atomic mass is 10.2. The van der Waals surface area contributed by atoms with Gasteiger partial charge < -0.3 is 14.8 Å². The fourth-order valence-corrected chi connectivity index (χ4v) is 3.48. The lowest BCUT2D eigenvalue weighted by Crippen LogP contribution is -2.29. The third-order valence-electron chi connectivity index (χ3n) is 3.52. The molecule has 7 nitrogen and oxygen atoms in total. The number of hydrogen-bond acceptors (Lipinski definition) is 6. The molecule has 1 aromatic carbocycles. The number of nitrogens with one attached hydrogen (secondary N) is 1. The Balaban J connectivity index is 1.93. The first-order chi connectivity index (χ1) is 11.5. The van der Waals surface area contributed by atoms with E-state index in [-0.39, 0.29) is 11.1 Å². The zero-order valence-electron chi connectivity index (χ0n) is 13.0. The van der Waals surface area contributed by atoms with Crippen LogP contribution < -0.4 is 20.3 Å². The van der Waals surface area contributed by atoms with Crippen LogP contribution in [-0.4, -0.2) is 35.4 Å². The lowest BCUT2D eigenvalue weighted by molar-refractivity contribution is 0.102. The number of nitrogens with zero attached hydrogens (tertiary/aromatic N) is 2. The molecule has 0 aliphatic carbocycles. The number of hydrogen-bond donors (Lipinski definition) is 1. The second kappa shape index (κ2) is 6.74. The molecule has 3 rings (SSSR count). The van der Waals surface area contributed by atoms with Gasteiger partial charge in [0.25, 0.3) is 11.5 Å². The zero-order valence-corrected chi connectivity index (χ0v) is 14.5. The topological polar surface area (TPSA) is 82.4 Å². The van der Waals surface area contributed by atoms with E-state index in [1.165, 1.54) is 42.8 Å². The maximum atomic E-state index is 12.5. The van der Waals surface area contributed by atoms with Crippen molar-refractivity contribution >= 4 is 35.0 Å². The first-order valence-electron chi connectivity index (χ1n) is 7.00. The summed E-state index contributed by atoms with van der Waals surface area (Å²) in [6, 6.07) is 3.06. The molecule has 0 fully saturated rings. The molecule has 2 heterocycles. The molecule has 9 heteroatoms. The van der Waals surface area contributed by atoms with Gasteiger partial charge in [0.1, 0.15) is 17.1 Å². The van der Waals surface area contributed by atoms with E-state index in [1.807, 2.05) is 0 Å². The summed E-state index contributed by atoms with van der Waals surface area (Å²) < 4.78 is 11.8. The highest BCUT2D eigenvalue weighted by atomic mass is 35.5. The van der Waals surface area contributed by atoms with E-state index in [0.717, 1.165) is 5.75 Å². The average molecular weight is 368 g/mol. The van der Waals surface area contributed by atoms with Gasteiger partial charge in [-0.05, 0) is 6.07 Å². The molecule has 0 radical (unpaired) electrons. The smallest absolute Gasteiger partial charge is 0.267 e. The fourth-order valence-electron chi connectivity index (χ4n) is 2.32.